The molecule has 4 nitrogen and oxygen atoms in total. The molecular formula is C15H19ClN2O2. The predicted octanol–water partition coefficient (Wildman–Crippen LogP) is 2.06. The van der Waals surface area contributed by atoms with Gasteiger partial charge in [0, 0.05) is 17.5 Å². The van der Waals surface area contributed by atoms with Crippen LogP contribution in [0.15, 0.2) is 24.3 Å². The van der Waals surface area contributed by atoms with Crippen LogP contribution in [0, 0.1) is 0 Å². The van der Waals surface area contributed by atoms with Crippen LogP contribution in [0.5, 0.6) is 0 Å². The Morgan fingerprint density at radius 3 is 2.75 bits per heavy atom. The summed E-state index contributed by atoms with van der Waals surface area (Å²) in [5.74, 6) is -0.186. The molecule has 0 atom stereocenters. The van der Waals surface area contributed by atoms with Crippen LogP contribution in [0.4, 0.5) is 0 Å². The van der Waals surface area contributed by atoms with Crippen molar-refractivity contribution in [2.24, 2.45) is 0 Å². The molecule has 0 aromatic heterocycles. The second-order valence-electron chi connectivity index (χ2n) is 5.10. The number of nitrogens with one attached hydrogen (secondary N) is 2. The quantitative estimate of drug-likeness (QED) is 0.809. The standard InChI is InChI=1S/C15H19ClN2O2/c16-12-5-1-3-11(9-12)4-2-6-14(19)17-10-15(20)18-13-7-8-13/h1,3,5,9,13H,2,4,6-8,10H2,(H,17,19)(H,18,20). The van der Waals surface area contributed by atoms with Gasteiger partial charge in [-0.3, -0.25) is 9.59 Å². The Bertz CT molecular complexity index is 487. The lowest BCUT2D eigenvalue weighted by Gasteiger charge is -2.06. The molecule has 1 aromatic rings. The van der Waals surface area contributed by atoms with E-state index in [0.717, 1.165) is 31.2 Å². The SMILES string of the molecule is O=C(CCCc1cccc(Cl)c1)NCC(=O)NC1CC1. The molecule has 0 heterocycles. The zero-order chi connectivity index (χ0) is 14.4. The zero-order valence-corrected chi connectivity index (χ0v) is 12.1. The minimum absolute atomic E-state index is 0.0759. The van der Waals surface area contributed by atoms with E-state index in [4.69, 9.17) is 11.6 Å². The molecule has 1 aliphatic rings. The highest BCUT2D eigenvalue weighted by Crippen LogP contribution is 2.18. The number of rotatable bonds is 7. The van der Waals surface area contributed by atoms with Crippen molar-refractivity contribution in [1.29, 1.82) is 0 Å². The summed E-state index contributed by atoms with van der Waals surface area (Å²) in [5, 5.41) is 6.18. The van der Waals surface area contributed by atoms with Gasteiger partial charge in [-0.1, -0.05) is 23.7 Å². The highest BCUT2D eigenvalue weighted by atomic mass is 35.5. The minimum atomic E-state index is -0.101. The molecule has 0 spiro atoms. The van der Waals surface area contributed by atoms with E-state index >= 15 is 0 Å². The van der Waals surface area contributed by atoms with Crippen molar-refractivity contribution < 1.29 is 9.59 Å². The van der Waals surface area contributed by atoms with E-state index in [1.54, 1.807) is 0 Å². The summed E-state index contributed by atoms with van der Waals surface area (Å²) in [4.78, 5) is 23.0. The number of carbonyl (C=O) groups is 2. The summed E-state index contributed by atoms with van der Waals surface area (Å²) in [6, 6.07) is 7.97. The molecule has 0 saturated heterocycles. The summed E-state index contributed by atoms with van der Waals surface area (Å²) >= 11 is 5.89. The van der Waals surface area contributed by atoms with E-state index in [1.165, 1.54) is 0 Å². The van der Waals surface area contributed by atoms with Crippen molar-refractivity contribution in [3.05, 3.63) is 34.9 Å². The molecule has 0 radical (unpaired) electrons. The summed E-state index contributed by atoms with van der Waals surface area (Å²) in [7, 11) is 0. The molecule has 1 aliphatic carbocycles. The Morgan fingerprint density at radius 2 is 2.05 bits per heavy atom. The van der Waals surface area contributed by atoms with E-state index < -0.39 is 0 Å². The lowest BCUT2D eigenvalue weighted by molar-refractivity contribution is -0.126. The molecular weight excluding hydrogens is 276 g/mol. The fourth-order valence-corrected chi connectivity index (χ4v) is 2.13. The van der Waals surface area contributed by atoms with Gasteiger partial charge in [0.05, 0.1) is 6.54 Å². The summed E-state index contributed by atoms with van der Waals surface area (Å²) in [6.45, 7) is 0.0759. The van der Waals surface area contributed by atoms with Gasteiger partial charge in [0.15, 0.2) is 0 Å². The maximum absolute atomic E-state index is 11.6. The van der Waals surface area contributed by atoms with Gasteiger partial charge < -0.3 is 10.6 Å². The molecule has 2 rings (SSSR count). The van der Waals surface area contributed by atoms with Crippen LogP contribution in [-0.2, 0) is 16.0 Å². The van der Waals surface area contributed by atoms with Gasteiger partial charge in [-0.2, -0.15) is 0 Å². The fraction of sp³-hybridized carbons (Fsp3) is 0.467. The van der Waals surface area contributed by atoms with Crippen LogP contribution in [-0.4, -0.2) is 24.4 Å². The van der Waals surface area contributed by atoms with Gasteiger partial charge in [0.2, 0.25) is 11.8 Å². The third-order valence-corrected chi connectivity index (χ3v) is 3.38. The normalized spacial score (nSPS) is 13.8. The van der Waals surface area contributed by atoms with Crippen molar-refractivity contribution >= 4 is 23.4 Å². The molecule has 1 saturated carbocycles. The van der Waals surface area contributed by atoms with Gasteiger partial charge in [0.25, 0.3) is 0 Å². The number of carbonyl (C=O) groups excluding carboxylic acids is 2. The number of hydrogen-bond donors (Lipinski definition) is 2. The van der Waals surface area contributed by atoms with Gasteiger partial charge in [-0.05, 0) is 43.4 Å². The third-order valence-electron chi connectivity index (χ3n) is 3.15. The average molecular weight is 295 g/mol. The lowest BCUT2D eigenvalue weighted by Crippen LogP contribution is -2.37. The number of aryl methyl sites for hydroxylation is 1. The van der Waals surface area contributed by atoms with Crippen LogP contribution in [0.2, 0.25) is 5.02 Å². The van der Waals surface area contributed by atoms with Crippen LogP contribution < -0.4 is 10.6 Å². The fourth-order valence-electron chi connectivity index (χ4n) is 1.92. The molecule has 2 N–H and O–H groups in total. The first-order valence-electron chi connectivity index (χ1n) is 6.94. The summed E-state index contributed by atoms with van der Waals surface area (Å²) < 4.78 is 0. The van der Waals surface area contributed by atoms with Crippen molar-refractivity contribution in [2.45, 2.75) is 38.1 Å². The largest absolute Gasteiger partial charge is 0.352 e. The van der Waals surface area contributed by atoms with Gasteiger partial charge in [0.1, 0.15) is 0 Å². The second-order valence-corrected chi connectivity index (χ2v) is 5.54. The molecule has 0 bridgehead atoms. The summed E-state index contributed by atoms with van der Waals surface area (Å²) in [5.41, 5.74) is 1.12. The smallest absolute Gasteiger partial charge is 0.239 e. The molecule has 0 unspecified atom stereocenters. The maximum Gasteiger partial charge on any atom is 0.239 e. The Kier molecular flexibility index (Phi) is 5.41. The first-order chi connectivity index (χ1) is 9.63. The van der Waals surface area contributed by atoms with Crippen LogP contribution in [0.25, 0.3) is 0 Å². The van der Waals surface area contributed by atoms with Gasteiger partial charge in [-0.25, -0.2) is 0 Å². The van der Waals surface area contributed by atoms with E-state index in [1.807, 2.05) is 24.3 Å². The second kappa shape index (κ2) is 7.29. The number of amides is 2. The number of hydrogen-bond acceptors (Lipinski definition) is 2. The third kappa shape index (κ3) is 5.61. The van der Waals surface area contributed by atoms with Crippen LogP contribution >= 0.6 is 11.6 Å². The maximum atomic E-state index is 11.6. The Labute approximate surface area is 123 Å². The van der Waals surface area contributed by atoms with E-state index in [0.29, 0.717) is 17.5 Å². The Hall–Kier alpha value is -1.55. The average Bonchev–Trinajstić information content (AvgIpc) is 3.20. The van der Waals surface area contributed by atoms with E-state index in [9.17, 15) is 9.59 Å². The number of benzene rings is 1. The monoisotopic (exact) mass is 294 g/mol. The highest BCUT2D eigenvalue weighted by molar-refractivity contribution is 6.30. The predicted molar refractivity (Wildman–Crippen MR) is 78.6 cm³/mol. The molecule has 108 valence electrons. The first-order valence-corrected chi connectivity index (χ1v) is 7.32. The molecule has 5 heteroatoms. The molecule has 1 fully saturated rings. The Morgan fingerprint density at radius 1 is 1.25 bits per heavy atom. The molecule has 1 aromatic carbocycles. The lowest BCUT2D eigenvalue weighted by atomic mass is 10.1. The van der Waals surface area contributed by atoms with Crippen molar-refractivity contribution in [3.63, 3.8) is 0 Å². The number of halogens is 1. The van der Waals surface area contributed by atoms with Crippen LogP contribution in [0.3, 0.4) is 0 Å². The summed E-state index contributed by atoms with van der Waals surface area (Å²) in [6.07, 6.45) is 4.08. The van der Waals surface area contributed by atoms with Crippen molar-refractivity contribution in [3.8, 4) is 0 Å². The van der Waals surface area contributed by atoms with Crippen LogP contribution in [0.1, 0.15) is 31.2 Å². The topological polar surface area (TPSA) is 58.2 Å². The van der Waals surface area contributed by atoms with E-state index in [2.05, 4.69) is 10.6 Å². The van der Waals surface area contributed by atoms with Gasteiger partial charge in [-0.15, -0.1) is 0 Å². The van der Waals surface area contributed by atoms with Gasteiger partial charge >= 0.3 is 0 Å². The zero-order valence-electron chi connectivity index (χ0n) is 11.3. The molecule has 0 aliphatic heterocycles. The molecule has 2 amide bonds. The molecule has 20 heavy (non-hydrogen) atoms. The van der Waals surface area contributed by atoms with Crippen molar-refractivity contribution in [2.75, 3.05) is 6.54 Å². The Balaban J connectivity index is 1.58. The van der Waals surface area contributed by atoms with E-state index in [-0.39, 0.29) is 18.4 Å². The highest BCUT2D eigenvalue weighted by Gasteiger charge is 2.22. The first kappa shape index (κ1) is 14.9. The van der Waals surface area contributed by atoms with Crippen molar-refractivity contribution in [1.82, 2.24) is 10.6 Å². The minimum Gasteiger partial charge on any atom is -0.352 e.